The fraction of sp³-hybridized carbons (Fsp3) is 0.318. The molecule has 0 unspecified atom stereocenters. The van der Waals surface area contributed by atoms with Crippen molar-refractivity contribution in [2.45, 2.75) is 31.2 Å². The van der Waals surface area contributed by atoms with Crippen molar-refractivity contribution in [3.63, 3.8) is 0 Å². The number of para-hydroxylation sites is 1. The van der Waals surface area contributed by atoms with Crippen molar-refractivity contribution in [1.82, 2.24) is 14.5 Å². The highest BCUT2D eigenvalue weighted by Gasteiger charge is 2.33. The third kappa shape index (κ3) is 6.20. The van der Waals surface area contributed by atoms with Crippen LogP contribution in [0.1, 0.15) is 18.9 Å². The predicted molar refractivity (Wildman–Crippen MR) is 123 cm³/mol. The van der Waals surface area contributed by atoms with Crippen molar-refractivity contribution in [2.24, 2.45) is 0 Å². The summed E-state index contributed by atoms with van der Waals surface area (Å²) in [5, 5.41) is 3.45. The molecule has 0 saturated carbocycles. The Morgan fingerprint density at radius 1 is 1.21 bits per heavy atom. The van der Waals surface area contributed by atoms with E-state index in [9.17, 15) is 22.8 Å². The Hall–Kier alpha value is -2.72. The van der Waals surface area contributed by atoms with Crippen molar-refractivity contribution in [1.29, 1.82) is 0 Å². The minimum absolute atomic E-state index is 0.0175. The maximum atomic E-state index is 13.1. The molecule has 2 amide bonds. The molecule has 0 fully saturated rings. The molecular weight excluding hydrogens is 477 g/mol. The van der Waals surface area contributed by atoms with Crippen LogP contribution < -0.4 is 5.32 Å². The van der Waals surface area contributed by atoms with Crippen LogP contribution in [0.2, 0.25) is 5.02 Å². The predicted octanol–water partition coefficient (Wildman–Crippen LogP) is 5.31. The maximum absolute atomic E-state index is 13.1. The zero-order chi connectivity index (χ0) is 24.2. The summed E-state index contributed by atoms with van der Waals surface area (Å²) in [6, 6.07) is 10.1. The smallest absolute Gasteiger partial charge is 0.336 e. The molecule has 0 aliphatic heterocycles. The Kier molecular flexibility index (Phi) is 7.91. The lowest BCUT2D eigenvalue weighted by Crippen LogP contribution is -2.36. The molecule has 1 aromatic heterocycles. The Balaban J connectivity index is 1.63. The van der Waals surface area contributed by atoms with Gasteiger partial charge in [-0.15, -0.1) is 0 Å². The summed E-state index contributed by atoms with van der Waals surface area (Å²) in [5.41, 5.74) is 0.337. The van der Waals surface area contributed by atoms with Crippen LogP contribution in [-0.2, 0) is 22.3 Å². The number of nitrogens with one attached hydrogen (secondary N) is 1. The number of carbonyl (C=O) groups excluding carboxylic acids is 2. The molecule has 33 heavy (non-hydrogen) atoms. The second kappa shape index (κ2) is 10.5. The minimum atomic E-state index is -4.60. The SMILES string of the molecule is CCCn1c(SCC(=O)N(C)CC(=O)Nc2ccccc2C(F)(F)F)nc2cc(Cl)ccc21. The van der Waals surface area contributed by atoms with E-state index < -0.39 is 17.6 Å². The van der Waals surface area contributed by atoms with Gasteiger partial charge in [0.25, 0.3) is 0 Å². The summed E-state index contributed by atoms with van der Waals surface area (Å²) in [7, 11) is 1.42. The molecule has 11 heteroatoms. The van der Waals surface area contributed by atoms with Crippen LogP contribution in [0.25, 0.3) is 11.0 Å². The van der Waals surface area contributed by atoms with Crippen LogP contribution in [0.15, 0.2) is 47.6 Å². The quantitative estimate of drug-likeness (QED) is 0.427. The van der Waals surface area contributed by atoms with Gasteiger partial charge in [0.05, 0.1) is 34.6 Å². The number of aryl methyl sites for hydroxylation is 1. The van der Waals surface area contributed by atoms with E-state index in [2.05, 4.69) is 10.3 Å². The van der Waals surface area contributed by atoms with Crippen molar-refractivity contribution >= 4 is 51.9 Å². The Morgan fingerprint density at radius 2 is 1.94 bits per heavy atom. The molecule has 2 aromatic carbocycles. The number of anilines is 1. The van der Waals surface area contributed by atoms with Gasteiger partial charge in [0.15, 0.2) is 5.16 Å². The molecule has 1 heterocycles. The second-order valence-corrected chi connectivity index (χ2v) is 8.69. The number of rotatable bonds is 8. The standard InChI is InChI=1S/C22H22ClF3N4O2S/c1-3-10-30-18-9-8-14(23)11-17(18)28-21(30)33-13-20(32)29(2)12-19(31)27-16-7-5-4-6-15(16)22(24,25)26/h4-9,11H,3,10,12-13H2,1-2H3,(H,27,31). The third-order valence-electron chi connectivity index (χ3n) is 4.76. The summed E-state index contributed by atoms with van der Waals surface area (Å²) in [6.07, 6.45) is -3.73. The van der Waals surface area contributed by atoms with Crippen LogP contribution in [0, 0.1) is 0 Å². The van der Waals surface area contributed by atoms with E-state index in [4.69, 9.17) is 11.6 Å². The van der Waals surface area contributed by atoms with E-state index in [0.717, 1.165) is 23.5 Å². The van der Waals surface area contributed by atoms with Gasteiger partial charge in [0, 0.05) is 18.6 Å². The van der Waals surface area contributed by atoms with Crippen LogP contribution in [-0.4, -0.2) is 45.6 Å². The number of fused-ring (bicyclic) bond motifs is 1. The first kappa shape index (κ1) is 24.9. The van der Waals surface area contributed by atoms with Gasteiger partial charge in [-0.25, -0.2) is 4.98 Å². The number of benzene rings is 2. The molecule has 0 bridgehead atoms. The number of nitrogens with zero attached hydrogens (tertiary/aromatic N) is 3. The normalized spacial score (nSPS) is 11.6. The molecule has 6 nitrogen and oxygen atoms in total. The van der Waals surface area contributed by atoms with Crippen LogP contribution in [0.5, 0.6) is 0 Å². The second-order valence-electron chi connectivity index (χ2n) is 7.31. The van der Waals surface area contributed by atoms with Gasteiger partial charge in [0.2, 0.25) is 11.8 Å². The topological polar surface area (TPSA) is 67.2 Å². The highest BCUT2D eigenvalue weighted by Crippen LogP contribution is 2.34. The molecule has 0 radical (unpaired) electrons. The van der Waals surface area contributed by atoms with Gasteiger partial charge in [-0.2, -0.15) is 13.2 Å². The maximum Gasteiger partial charge on any atom is 0.418 e. The van der Waals surface area contributed by atoms with Crippen LogP contribution >= 0.6 is 23.4 Å². The molecule has 1 N–H and O–H groups in total. The number of hydrogen-bond acceptors (Lipinski definition) is 4. The third-order valence-corrected chi connectivity index (χ3v) is 5.96. The molecule has 0 saturated heterocycles. The highest BCUT2D eigenvalue weighted by atomic mass is 35.5. The van der Waals surface area contributed by atoms with E-state index >= 15 is 0 Å². The van der Waals surface area contributed by atoms with Crippen LogP contribution in [0.3, 0.4) is 0 Å². The van der Waals surface area contributed by atoms with Gasteiger partial charge in [-0.3, -0.25) is 9.59 Å². The lowest BCUT2D eigenvalue weighted by Gasteiger charge is -2.18. The Labute approximate surface area is 198 Å². The minimum Gasteiger partial charge on any atom is -0.336 e. The number of amides is 2. The average Bonchev–Trinajstić information content (AvgIpc) is 3.08. The molecule has 0 spiro atoms. The molecule has 3 rings (SSSR count). The number of imidazole rings is 1. The van der Waals surface area contributed by atoms with Gasteiger partial charge in [-0.1, -0.05) is 42.4 Å². The molecule has 0 aliphatic rings. The summed E-state index contributed by atoms with van der Waals surface area (Å²) >= 11 is 7.28. The molecule has 3 aromatic rings. The number of hydrogen-bond donors (Lipinski definition) is 1. The highest BCUT2D eigenvalue weighted by molar-refractivity contribution is 7.99. The monoisotopic (exact) mass is 498 g/mol. The van der Waals surface area contributed by atoms with Crippen molar-refractivity contribution < 1.29 is 22.8 Å². The Morgan fingerprint density at radius 3 is 2.64 bits per heavy atom. The largest absolute Gasteiger partial charge is 0.418 e. The van der Waals surface area contributed by atoms with Gasteiger partial charge in [0.1, 0.15) is 0 Å². The van der Waals surface area contributed by atoms with E-state index in [1.54, 1.807) is 12.1 Å². The molecule has 176 valence electrons. The summed E-state index contributed by atoms with van der Waals surface area (Å²) in [6.45, 7) is 2.36. The summed E-state index contributed by atoms with van der Waals surface area (Å²) < 4.78 is 41.3. The van der Waals surface area contributed by atoms with E-state index in [1.165, 1.54) is 41.9 Å². The number of alkyl halides is 3. The molecule has 0 aliphatic carbocycles. The molecular formula is C22H22ClF3N4O2S. The fourth-order valence-electron chi connectivity index (χ4n) is 3.20. The van der Waals surface area contributed by atoms with E-state index in [0.29, 0.717) is 16.7 Å². The number of halogens is 4. The summed E-state index contributed by atoms with van der Waals surface area (Å²) in [5.74, 6) is -1.06. The fourth-order valence-corrected chi connectivity index (χ4v) is 4.35. The van der Waals surface area contributed by atoms with Crippen molar-refractivity contribution in [3.05, 3.63) is 53.1 Å². The van der Waals surface area contributed by atoms with E-state index in [-0.39, 0.29) is 23.9 Å². The number of aromatic nitrogens is 2. The molecule has 0 atom stereocenters. The lowest BCUT2D eigenvalue weighted by molar-refractivity contribution is -0.137. The van der Waals surface area contributed by atoms with E-state index in [1.807, 2.05) is 17.6 Å². The number of thioether (sulfide) groups is 1. The number of carbonyl (C=O) groups is 2. The Bertz CT molecular complexity index is 1170. The first-order valence-electron chi connectivity index (χ1n) is 10.1. The lowest BCUT2D eigenvalue weighted by atomic mass is 10.1. The summed E-state index contributed by atoms with van der Waals surface area (Å²) in [4.78, 5) is 30.5. The van der Waals surface area contributed by atoms with Gasteiger partial charge >= 0.3 is 6.18 Å². The van der Waals surface area contributed by atoms with Crippen molar-refractivity contribution in [3.8, 4) is 0 Å². The number of likely N-dealkylation sites (N-methyl/N-ethyl adjacent to an activating group) is 1. The zero-order valence-corrected chi connectivity index (χ0v) is 19.5. The zero-order valence-electron chi connectivity index (χ0n) is 17.9. The van der Waals surface area contributed by atoms with Gasteiger partial charge < -0.3 is 14.8 Å². The average molecular weight is 499 g/mol. The van der Waals surface area contributed by atoms with Gasteiger partial charge in [-0.05, 0) is 36.8 Å². The first-order chi connectivity index (χ1) is 15.6. The van der Waals surface area contributed by atoms with Crippen molar-refractivity contribution in [2.75, 3.05) is 24.7 Å². The van der Waals surface area contributed by atoms with Crippen LogP contribution in [0.4, 0.5) is 18.9 Å². The first-order valence-corrected chi connectivity index (χ1v) is 11.4.